The molecular formula is C30H30FN5O4S2. The van der Waals surface area contributed by atoms with Crippen LogP contribution in [-0.4, -0.2) is 44.4 Å². The number of amides is 2. The van der Waals surface area contributed by atoms with E-state index in [0.29, 0.717) is 32.8 Å². The van der Waals surface area contributed by atoms with Crippen molar-refractivity contribution in [3.8, 4) is 5.69 Å². The molecule has 2 amide bonds. The number of halogens is 1. The molecule has 42 heavy (non-hydrogen) atoms. The van der Waals surface area contributed by atoms with Gasteiger partial charge in [-0.1, -0.05) is 29.5 Å². The second kappa shape index (κ2) is 12.9. The lowest BCUT2D eigenvalue weighted by molar-refractivity contribution is -0.115. The van der Waals surface area contributed by atoms with Crippen molar-refractivity contribution in [2.24, 2.45) is 0 Å². The molecule has 0 bridgehead atoms. The van der Waals surface area contributed by atoms with Crippen molar-refractivity contribution < 1.29 is 23.5 Å². The van der Waals surface area contributed by atoms with Crippen LogP contribution in [0.15, 0.2) is 53.7 Å². The van der Waals surface area contributed by atoms with E-state index in [0.717, 1.165) is 47.0 Å². The Hall–Kier alpha value is -4.03. The lowest BCUT2D eigenvalue weighted by Gasteiger charge is -2.14. The highest BCUT2D eigenvalue weighted by molar-refractivity contribution is 8.00. The van der Waals surface area contributed by atoms with Crippen LogP contribution in [0.25, 0.3) is 5.69 Å². The maximum absolute atomic E-state index is 13.7. The van der Waals surface area contributed by atoms with Gasteiger partial charge in [0, 0.05) is 16.1 Å². The van der Waals surface area contributed by atoms with E-state index < -0.39 is 17.0 Å². The first kappa shape index (κ1) is 29.5. The molecule has 4 aromatic rings. The topological polar surface area (TPSA) is 115 Å². The van der Waals surface area contributed by atoms with Crippen LogP contribution >= 0.6 is 23.1 Å². The van der Waals surface area contributed by atoms with Gasteiger partial charge in [0.1, 0.15) is 10.8 Å². The number of hydrogen-bond acceptors (Lipinski definition) is 8. The summed E-state index contributed by atoms with van der Waals surface area (Å²) in [7, 11) is 0. The number of nitrogens with one attached hydrogen (secondary N) is 2. The van der Waals surface area contributed by atoms with Gasteiger partial charge in [0.05, 0.1) is 24.0 Å². The molecule has 1 aliphatic carbocycles. The van der Waals surface area contributed by atoms with Crippen molar-refractivity contribution >= 4 is 45.9 Å². The van der Waals surface area contributed by atoms with Crippen LogP contribution in [0.1, 0.15) is 62.8 Å². The number of hydrogen-bond donors (Lipinski definition) is 2. The lowest BCUT2D eigenvalue weighted by Crippen LogP contribution is -2.25. The molecule has 12 heteroatoms. The van der Waals surface area contributed by atoms with Gasteiger partial charge in [-0.2, -0.15) is 0 Å². The largest absolute Gasteiger partial charge is 0.462 e. The minimum Gasteiger partial charge on any atom is -0.462 e. The van der Waals surface area contributed by atoms with Crippen molar-refractivity contribution in [1.82, 2.24) is 20.1 Å². The third kappa shape index (κ3) is 6.39. The first-order chi connectivity index (χ1) is 20.2. The number of aryl methyl sites for hydroxylation is 2. The SMILES string of the molecule is CCOC(=O)c1c(NC(=O)[C@@H](C)Sc2nnc(CNC(=O)c3cccc(C)c3)n2-c2ccc(F)cc2)sc2c1CCC2. The number of esters is 1. The summed E-state index contributed by atoms with van der Waals surface area (Å²) in [5.74, 6) is -0.996. The number of nitrogens with zero attached hydrogens (tertiary/aromatic N) is 3. The Labute approximate surface area is 250 Å². The second-order valence-corrected chi connectivity index (χ2v) is 12.2. The predicted octanol–water partition coefficient (Wildman–Crippen LogP) is 5.49. The smallest absolute Gasteiger partial charge is 0.341 e. The van der Waals surface area contributed by atoms with Gasteiger partial charge in [0.25, 0.3) is 5.91 Å². The summed E-state index contributed by atoms with van der Waals surface area (Å²) in [6.45, 7) is 5.69. The Morgan fingerprint density at radius 2 is 1.93 bits per heavy atom. The molecule has 9 nitrogen and oxygen atoms in total. The molecule has 0 radical (unpaired) electrons. The number of carbonyl (C=O) groups excluding carboxylic acids is 3. The van der Waals surface area contributed by atoms with Gasteiger partial charge in [-0.25, -0.2) is 9.18 Å². The van der Waals surface area contributed by atoms with E-state index in [9.17, 15) is 18.8 Å². The van der Waals surface area contributed by atoms with Crippen LogP contribution in [-0.2, 0) is 28.9 Å². The van der Waals surface area contributed by atoms with E-state index in [-0.39, 0.29) is 25.0 Å². The number of rotatable bonds is 10. The molecule has 2 aromatic heterocycles. The maximum Gasteiger partial charge on any atom is 0.341 e. The summed E-state index contributed by atoms with van der Waals surface area (Å²) in [4.78, 5) is 39.9. The Morgan fingerprint density at radius 1 is 1.14 bits per heavy atom. The second-order valence-electron chi connectivity index (χ2n) is 9.79. The van der Waals surface area contributed by atoms with Gasteiger partial charge in [-0.3, -0.25) is 14.2 Å². The van der Waals surface area contributed by atoms with Crippen LogP contribution in [0.5, 0.6) is 0 Å². The number of anilines is 1. The van der Waals surface area contributed by atoms with Crippen LogP contribution in [0.4, 0.5) is 9.39 Å². The Kier molecular flexibility index (Phi) is 9.03. The highest BCUT2D eigenvalue weighted by Crippen LogP contribution is 2.40. The number of thiophene rings is 1. The lowest BCUT2D eigenvalue weighted by atomic mass is 10.1. The fourth-order valence-electron chi connectivity index (χ4n) is 4.73. The molecule has 1 atom stereocenters. The minimum absolute atomic E-state index is 0.0575. The van der Waals surface area contributed by atoms with E-state index in [1.165, 1.54) is 23.5 Å². The van der Waals surface area contributed by atoms with Gasteiger partial charge in [0.15, 0.2) is 11.0 Å². The molecule has 0 saturated carbocycles. The first-order valence-electron chi connectivity index (χ1n) is 13.6. The molecule has 2 aromatic carbocycles. The Bertz CT molecular complexity index is 1630. The quantitative estimate of drug-likeness (QED) is 0.181. The molecule has 218 valence electrons. The summed E-state index contributed by atoms with van der Waals surface area (Å²) in [6.07, 6.45) is 2.63. The zero-order valence-corrected chi connectivity index (χ0v) is 25.0. The summed E-state index contributed by atoms with van der Waals surface area (Å²) >= 11 is 2.58. The summed E-state index contributed by atoms with van der Waals surface area (Å²) in [5, 5.41) is 14.6. The summed E-state index contributed by atoms with van der Waals surface area (Å²) in [5.41, 5.74) is 3.47. The number of benzene rings is 2. The van der Waals surface area contributed by atoms with Crippen molar-refractivity contribution in [3.05, 3.63) is 87.3 Å². The Balaban J connectivity index is 1.36. The van der Waals surface area contributed by atoms with Crippen LogP contribution in [0, 0.1) is 12.7 Å². The van der Waals surface area contributed by atoms with Gasteiger partial charge in [-0.05, 0) is 82.0 Å². The van der Waals surface area contributed by atoms with E-state index in [1.807, 2.05) is 19.1 Å². The third-order valence-corrected chi connectivity index (χ3v) is 9.01. The van der Waals surface area contributed by atoms with E-state index in [4.69, 9.17) is 4.74 Å². The average Bonchev–Trinajstić information content (AvgIpc) is 3.67. The number of ether oxygens (including phenoxy) is 1. The van der Waals surface area contributed by atoms with Gasteiger partial charge in [-0.15, -0.1) is 21.5 Å². The minimum atomic E-state index is -0.630. The van der Waals surface area contributed by atoms with E-state index in [2.05, 4.69) is 20.8 Å². The number of carbonyl (C=O) groups is 3. The maximum atomic E-state index is 13.7. The highest BCUT2D eigenvalue weighted by atomic mass is 32.2. The van der Waals surface area contributed by atoms with Crippen LogP contribution in [0.2, 0.25) is 0 Å². The van der Waals surface area contributed by atoms with Crippen molar-refractivity contribution in [1.29, 1.82) is 0 Å². The molecule has 2 heterocycles. The monoisotopic (exact) mass is 607 g/mol. The van der Waals surface area contributed by atoms with E-state index in [1.54, 1.807) is 42.7 Å². The highest BCUT2D eigenvalue weighted by Gasteiger charge is 2.30. The number of fused-ring (bicyclic) bond motifs is 1. The molecular weight excluding hydrogens is 577 g/mol. The Morgan fingerprint density at radius 3 is 2.67 bits per heavy atom. The molecule has 2 N–H and O–H groups in total. The summed E-state index contributed by atoms with van der Waals surface area (Å²) in [6, 6.07) is 13.0. The molecule has 0 unspecified atom stereocenters. The molecule has 0 aliphatic heterocycles. The summed E-state index contributed by atoms with van der Waals surface area (Å²) < 4.78 is 20.7. The fraction of sp³-hybridized carbons (Fsp3) is 0.300. The number of aromatic nitrogens is 3. The molecule has 0 fully saturated rings. The predicted molar refractivity (Wildman–Crippen MR) is 160 cm³/mol. The van der Waals surface area contributed by atoms with Gasteiger partial charge in [0.2, 0.25) is 5.91 Å². The normalized spacial score (nSPS) is 13.0. The average molecular weight is 608 g/mol. The first-order valence-corrected chi connectivity index (χ1v) is 15.3. The fourth-order valence-corrected chi connectivity index (χ4v) is 6.89. The third-order valence-electron chi connectivity index (χ3n) is 6.76. The van der Waals surface area contributed by atoms with Crippen molar-refractivity contribution in [3.63, 3.8) is 0 Å². The molecule has 1 aliphatic rings. The van der Waals surface area contributed by atoms with E-state index >= 15 is 0 Å². The molecule has 0 saturated heterocycles. The number of thioether (sulfide) groups is 1. The zero-order chi connectivity index (χ0) is 29.8. The standard InChI is InChI=1S/C30H30FN5O4S2/c1-4-40-29(39)25-22-9-6-10-23(22)42-28(25)33-26(37)18(3)41-30-35-34-24(36(30)21-13-11-20(31)12-14-21)16-32-27(38)19-8-5-7-17(2)15-19/h5,7-8,11-15,18H,4,6,9-10,16H2,1-3H3,(H,32,38)(H,33,37)/t18-/m1/s1. The van der Waals surface area contributed by atoms with Crippen molar-refractivity contribution in [2.75, 3.05) is 11.9 Å². The van der Waals surface area contributed by atoms with Crippen LogP contribution < -0.4 is 10.6 Å². The molecule has 0 spiro atoms. The van der Waals surface area contributed by atoms with Gasteiger partial charge < -0.3 is 15.4 Å². The zero-order valence-electron chi connectivity index (χ0n) is 23.4. The van der Waals surface area contributed by atoms with Gasteiger partial charge >= 0.3 is 5.97 Å². The molecule has 5 rings (SSSR count). The van der Waals surface area contributed by atoms with Crippen LogP contribution in [0.3, 0.4) is 0 Å². The van der Waals surface area contributed by atoms with Crippen molar-refractivity contribution in [2.45, 2.75) is 57.0 Å².